The number of rotatable bonds is 2. The van der Waals surface area contributed by atoms with Gasteiger partial charge >= 0.3 is 0 Å². The number of ether oxygens (including phenoxy) is 1. The number of nitrogens with one attached hydrogen (secondary N) is 1. The molecular formula is C14H14FNO2. The number of carbonyl (C=O) groups excluding carboxylic acids is 1. The second-order valence-electron chi connectivity index (χ2n) is 4.79. The fraction of sp³-hybridized carbons (Fsp3) is 0.357. The lowest BCUT2D eigenvalue weighted by molar-refractivity contribution is 0.0581. The van der Waals surface area contributed by atoms with Crippen LogP contribution < -0.4 is 0 Å². The molecule has 1 aromatic carbocycles. The van der Waals surface area contributed by atoms with Crippen molar-refractivity contribution in [3.63, 3.8) is 0 Å². The minimum Gasteiger partial charge on any atom is -0.370 e. The van der Waals surface area contributed by atoms with Gasteiger partial charge in [0.15, 0.2) is 5.78 Å². The maximum atomic E-state index is 13.8. The van der Waals surface area contributed by atoms with E-state index in [2.05, 4.69) is 4.98 Å². The first kappa shape index (κ1) is 11.4. The lowest BCUT2D eigenvalue weighted by atomic mass is 9.96. The Morgan fingerprint density at radius 2 is 2.33 bits per heavy atom. The Labute approximate surface area is 104 Å². The van der Waals surface area contributed by atoms with Gasteiger partial charge in [-0.25, -0.2) is 4.39 Å². The van der Waals surface area contributed by atoms with Crippen LogP contribution in [0.1, 0.15) is 23.7 Å². The molecule has 0 amide bonds. The topological polar surface area (TPSA) is 42.1 Å². The molecule has 1 N–H and O–H groups in total. The SMILES string of the molecule is CC1CCOC1C(=O)c1c[nH]c2cccc(F)c12. The van der Waals surface area contributed by atoms with Crippen molar-refractivity contribution in [2.45, 2.75) is 19.4 Å². The van der Waals surface area contributed by atoms with Crippen molar-refractivity contribution in [3.05, 3.63) is 35.8 Å². The lowest BCUT2D eigenvalue weighted by Crippen LogP contribution is -2.25. The average molecular weight is 247 g/mol. The van der Waals surface area contributed by atoms with E-state index in [1.54, 1.807) is 18.3 Å². The molecule has 0 radical (unpaired) electrons. The molecule has 2 aromatic rings. The van der Waals surface area contributed by atoms with Gasteiger partial charge in [-0.3, -0.25) is 4.79 Å². The van der Waals surface area contributed by atoms with E-state index in [0.717, 1.165) is 6.42 Å². The monoisotopic (exact) mass is 247 g/mol. The first-order valence-corrected chi connectivity index (χ1v) is 6.10. The van der Waals surface area contributed by atoms with Crippen LogP contribution in [-0.4, -0.2) is 23.5 Å². The zero-order chi connectivity index (χ0) is 12.7. The third-order valence-electron chi connectivity index (χ3n) is 3.57. The van der Waals surface area contributed by atoms with Crippen LogP contribution in [0.5, 0.6) is 0 Å². The van der Waals surface area contributed by atoms with Crippen molar-refractivity contribution in [1.82, 2.24) is 4.98 Å². The quantitative estimate of drug-likeness (QED) is 0.829. The third kappa shape index (κ3) is 1.64. The molecule has 0 aliphatic carbocycles. The summed E-state index contributed by atoms with van der Waals surface area (Å²) in [4.78, 5) is 15.3. The van der Waals surface area contributed by atoms with E-state index in [1.165, 1.54) is 6.07 Å². The molecule has 2 unspecified atom stereocenters. The number of Topliss-reactive ketones (excluding diaryl/α,β-unsaturated/α-hetero) is 1. The van der Waals surface area contributed by atoms with Crippen molar-refractivity contribution < 1.29 is 13.9 Å². The summed E-state index contributed by atoms with van der Waals surface area (Å²) < 4.78 is 19.3. The van der Waals surface area contributed by atoms with Crippen LogP contribution >= 0.6 is 0 Å². The first-order valence-electron chi connectivity index (χ1n) is 6.10. The number of carbonyl (C=O) groups is 1. The summed E-state index contributed by atoms with van der Waals surface area (Å²) in [7, 11) is 0. The molecule has 18 heavy (non-hydrogen) atoms. The summed E-state index contributed by atoms with van der Waals surface area (Å²) in [6.45, 7) is 2.59. The summed E-state index contributed by atoms with van der Waals surface area (Å²) in [6, 6.07) is 4.75. The Morgan fingerprint density at radius 1 is 1.50 bits per heavy atom. The smallest absolute Gasteiger partial charge is 0.194 e. The summed E-state index contributed by atoms with van der Waals surface area (Å²) in [5, 5.41) is 0.366. The van der Waals surface area contributed by atoms with Gasteiger partial charge in [0.25, 0.3) is 0 Å². The minimum atomic E-state index is -0.441. The molecule has 1 saturated heterocycles. The first-order chi connectivity index (χ1) is 8.68. The number of hydrogen-bond donors (Lipinski definition) is 1. The standard InChI is InChI=1S/C14H14FNO2/c1-8-5-6-18-14(8)13(17)9-7-16-11-4-2-3-10(15)12(9)11/h2-4,7-8,14,16H,5-6H2,1H3. The maximum Gasteiger partial charge on any atom is 0.194 e. The summed E-state index contributed by atoms with van der Waals surface area (Å²) >= 11 is 0. The molecule has 3 rings (SSSR count). The van der Waals surface area contributed by atoms with Crippen molar-refractivity contribution in [1.29, 1.82) is 0 Å². The molecule has 3 nitrogen and oxygen atoms in total. The molecule has 2 heterocycles. The van der Waals surface area contributed by atoms with Gasteiger partial charge in [-0.05, 0) is 24.5 Å². The largest absolute Gasteiger partial charge is 0.370 e. The van der Waals surface area contributed by atoms with Gasteiger partial charge in [-0.1, -0.05) is 13.0 Å². The van der Waals surface area contributed by atoms with Gasteiger partial charge in [0, 0.05) is 29.3 Å². The molecule has 1 aromatic heterocycles. The zero-order valence-electron chi connectivity index (χ0n) is 10.1. The Kier molecular flexibility index (Phi) is 2.67. The fourth-order valence-corrected chi connectivity index (χ4v) is 2.52. The van der Waals surface area contributed by atoms with E-state index in [9.17, 15) is 9.18 Å². The van der Waals surface area contributed by atoms with E-state index in [1.807, 2.05) is 6.92 Å². The average Bonchev–Trinajstić information content (AvgIpc) is 2.95. The number of benzene rings is 1. The van der Waals surface area contributed by atoms with Gasteiger partial charge in [-0.15, -0.1) is 0 Å². The van der Waals surface area contributed by atoms with Crippen molar-refractivity contribution >= 4 is 16.7 Å². The van der Waals surface area contributed by atoms with E-state index >= 15 is 0 Å². The second kappa shape index (κ2) is 4.21. The van der Waals surface area contributed by atoms with Gasteiger partial charge in [0.05, 0.1) is 0 Å². The number of aromatic nitrogens is 1. The molecule has 4 heteroatoms. The highest BCUT2D eigenvalue weighted by Gasteiger charge is 2.33. The van der Waals surface area contributed by atoms with E-state index in [-0.39, 0.29) is 17.5 Å². The highest BCUT2D eigenvalue weighted by molar-refractivity contribution is 6.10. The van der Waals surface area contributed by atoms with E-state index in [0.29, 0.717) is 23.1 Å². The fourth-order valence-electron chi connectivity index (χ4n) is 2.52. The van der Waals surface area contributed by atoms with Gasteiger partial charge in [-0.2, -0.15) is 0 Å². The molecule has 1 fully saturated rings. The van der Waals surface area contributed by atoms with Gasteiger partial charge in [0.1, 0.15) is 11.9 Å². The van der Waals surface area contributed by atoms with Gasteiger partial charge in [0.2, 0.25) is 0 Å². The van der Waals surface area contributed by atoms with E-state index < -0.39 is 6.10 Å². The molecule has 2 atom stereocenters. The third-order valence-corrected chi connectivity index (χ3v) is 3.57. The molecule has 1 aliphatic rings. The summed E-state index contributed by atoms with van der Waals surface area (Å²) in [5.41, 5.74) is 1.03. The zero-order valence-corrected chi connectivity index (χ0v) is 10.1. The number of ketones is 1. The number of H-pyrrole nitrogens is 1. The Hall–Kier alpha value is -1.68. The van der Waals surface area contributed by atoms with Crippen LogP contribution in [0.2, 0.25) is 0 Å². The summed E-state index contributed by atoms with van der Waals surface area (Å²) in [6.07, 6.45) is 2.01. The van der Waals surface area contributed by atoms with Crippen molar-refractivity contribution in [3.8, 4) is 0 Å². The van der Waals surface area contributed by atoms with Crippen LogP contribution in [-0.2, 0) is 4.74 Å². The van der Waals surface area contributed by atoms with Crippen LogP contribution in [0.15, 0.2) is 24.4 Å². The maximum absolute atomic E-state index is 13.8. The number of halogens is 1. The van der Waals surface area contributed by atoms with Crippen LogP contribution in [0.25, 0.3) is 10.9 Å². The normalized spacial score (nSPS) is 23.7. The van der Waals surface area contributed by atoms with Crippen LogP contribution in [0.3, 0.4) is 0 Å². The van der Waals surface area contributed by atoms with E-state index in [4.69, 9.17) is 4.74 Å². The molecule has 1 aliphatic heterocycles. The molecule has 0 spiro atoms. The summed E-state index contributed by atoms with van der Waals surface area (Å²) in [5.74, 6) is -0.312. The van der Waals surface area contributed by atoms with Gasteiger partial charge < -0.3 is 9.72 Å². The Bertz CT molecular complexity index is 605. The second-order valence-corrected chi connectivity index (χ2v) is 4.79. The predicted molar refractivity (Wildman–Crippen MR) is 66.1 cm³/mol. The molecule has 94 valence electrons. The van der Waals surface area contributed by atoms with Crippen LogP contribution in [0.4, 0.5) is 4.39 Å². The number of fused-ring (bicyclic) bond motifs is 1. The molecule has 0 bridgehead atoms. The van der Waals surface area contributed by atoms with Crippen LogP contribution in [0, 0.1) is 11.7 Å². The predicted octanol–water partition coefficient (Wildman–Crippen LogP) is 2.91. The molecule has 0 saturated carbocycles. The number of hydrogen-bond acceptors (Lipinski definition) is 2. The highest BCUT2D eigenvalue weighted by Crippen LogP contribution is 2.28. The molecular weight excluding hydrogens is 233 g/mol. The lowest BCUT2D eigenvalue weighted by Gasteiger charge is -2.12. The van der Waals surface area contributed by atoms with Crippen molar-refractivity contribution in [2.75, 3.05) is 6.61 Å². The highest BCUT2D eigenvalue weighted by atomic mass is 19.1. The number of aromatic amines is 1. The van der Waals surface area contributed by atoms with Crippen molar-refractivity contribution in [2.24, 2.45) is 5.92 Å². The Balaban J connectivity index is 2.07. The Morgan fingerprint density at radius 3 is 3.06 bits per heavy atom. The minimum absolute atomic E-state index is 0.128.